The zero-order chi connectivity index (χ0) is 14.6. The van der Waals surface area contributed by atoms with Crippen LogP contribution in [0.15, 0.2) is 17.1 Å². The smallest absolute Gasteiger partial charge is 0.124 e. The van der Waals surface area contributed by atoms with Crippen molar-refractivity contribution < 1.29 is 0 Å². The van der Waals surface area contributed by atoms with Gasteiger partial charge in [0.1, 0.15) is 5.84 Å². The molecular formula is C17H33N3. The zero-order valence-corrected chi connectivity index (χ0v) is 13.5. The van der Waals surface area contributed by atoms with E-state index in [-0.39, 0.29) is 6.17 Å². The Kier molecular flexibility index (Phi) is 9.38. The van der Waals surface area contributed by atoms with E-state index in [9.17, 15) is 0 Å². The average molecular weight is 279 g/mol. The maximum absolute atomic E-state index is 5.92. The minimum Gasteiger partial charge on any atom is -0.340 e. The molecule has 1 unspecified atom stereocenters. The van der Waals surface area contributed by atoms with Crippen molar-refractivity contribution in [3.05, 3.63) is 12.2 Å². The molecule has 3 nitrogen and oxygen atoms in total. The number of aliphatic imine (C=N–C) groups is 1. The lowest BCUT2D eigenvalue weighted by Gasteiger charge is -2.22. The summed E-state index contributed by atoms with van der Waals surface area (Å²) < 4.78 is 0. The fourth-order valence-corrected chi connectivity index (χ4v) is 2.62. The lowest BCUT2D eigenvalue weighted by atomic mass is 10.1. The average Bonchev–Trinajstić information content (AvgIpc) is 2.89. The molecule has 1 heterocycles. The third-order valence-corrected chi connectivity index (χ3v) is 3.89. The summed E-state index contributed by atoms with van der Waals surface area (Å²) in [5, 5.41) is 0. The van der Waals surface area contributed by atoms with Gasteiger partial charge < -0.3 is 10.6 Å². The number of nitrogens with zero attached hydrogens (tertiary/aromatic N) is 2. The Morgan fingerprint density at radius 1 is 1.15 bits per heavy atom. The van der Waals surface area contributed by atoms with Crippen LogP contribution in [0, 0.1) is 0 Å². The Labute approximate surface area is 125 Å². The first-order valence-electron chi connectivity index (χ1n) is 8.49. The van der Waals surface area contributed by atoms with Crippen molar-refractivity contribution in [1.82, 2.24) is 4.90 Å². The first kappa shape index (κ1) is 17.2. The van der Waals surface area contributed by atoms with Crippen molar-refractivity contribution in [2.45, 2.75) is 77.8 Å². The van der Waals surface area contributed by atoms with E-state index in [1.54, 1.807) is 0 Å². The summed E-state index contributed by atoms with van der Waals surface area (Å²) in [4.78, 5) is 6.66. The second-order valence-electron chi connectivity index (χ2n) is 5.84. The molecule has 0 bridgehead atoms. The van der Waals surface area contributed by atoms with Gasteiger partial charge in [-0.2, -0.15) is 0 Å². The number of amidine groups is 1. The first-order valence-corrected chi connectivity index (χ1v) is 8.49. The molecular weight excluding hydrogens is 246 g/mol. The highest BCUT2D eigenvalue weighted by Gasteiger charge is 2.16. The molecule has 0 amide bonds. The molecule has 1 aliphatic heterocycles. The van der Waals surface area contributed by atoms with Crippen molar-refractivity contribution in [1.29, 1.82) is 0 Å². The molecule has 0 aromatic carbocycles. The Hall–Kier alpha value is -0.830. The van der Waals surface area contributed by atoms with E-state index in [1.165, 1.54) is 57.8 Å². The minimum absolute atomic E-state index is 0.0732. The second-order valence-corrected chi connectivity index (χ2v) is 5.84. The Bertz CT molecular complexity index is 295. The molecule has 0 radical (unpaired) electrons. The van der Waals surface area contributed by atoms with Gasteiger partial charge in [0, 0.05) is 6.54 Å². The van der Waals surface area contributed by atoms with Crippen LogP contribution in [-0.2, 0) is 0 Å². The molecule has 3 heteroatoms. The first-order chi connectivity index (χ1) is 9.75. The summed E-state index contributed by atoms with van der Waals surface area (Å²) in [6.45, 7) is 6.15. The zero-order valence-electron chi connectivity index (χ0n) is 13.5. The molecule has 116 valence electrons. The molecule has 2 N–H and O–H groups in total. The van der Waals surface area contributed by atoms with Crippen molar-refractivity contribution >= 4 is 5.84 Å². The second kappa shape index (κ2) is 10.9. The molecule has 1 atom stereocenters. The molecule has 1 rings (SSSR count). The van der Waals surface area contributed by atoms with Crippen molar-refractivity contribution in [3.8, 4) is 0 Å². The van der Waals surface area contributed by atoms with E-state index in [1.807, 2.05) is 6.92 Å². The molecule has 0 aromatic rings. The number of unbranched alkanes of at least 4 members (excludes halogenated alkanes) is 8. The Morgan fingerprint density at radius 2 is 1.80 bits per heavy atom. The predicted octanol–water partition coefficient (Wildman–Crippen LogP) is 4.09. The minimum atomic E-state index is 0.0732. The highest BCUT2D eigenvalue weighted by molar-refractivity contribution is 5.94. The molecule has 0 saturated heterocycles. The van der Waals surface area contributed by atoms with E-state index in [4.69, 9.17) is 5.73 Å². The lowest BCUT2D eigenvalue weighted by molar-refractivity contribution is 0.367. The van der Waals surface area contributed by atoms with Crippen LogP contribution in [0.4, 0.5) is 0 Å². The third kappa shape index (κ3) is 7.09. The fraction of sp³-hybridized carbons (Fsp3) is 0.824. The van der Waals surface area contributed by atoms with Gasteiger partial charge in [-0.25, -0.2) is 0 Å². The van der Waals surface area contributed by atoms with Crippen LogP contribution in [-0.4, -0.2) is 30.0 Å². The monoisotopic (exact) mass is 279 g/mol. The van der Waals surface area contributed by atoms with E-state index < -0.39 is 0 Å². The Morgan fingerprint density at radius 3 is 2.45 bits per heavy atom. The summed E-state index contributed by atoms with van der Waals surface area (Å²) in [5.74, 6) is 1.07. The number of rotatable bonds is 11. The topological polar surface area (TPSA) is 41.6 Å². The molecule has 20 heavy (non-hydrogen) atoms. The van der Waals surface area contributed by atoms with Gasteiger partial charge >= 0.3 is 0 Å². The normalized spacial score (nSPS) is 16.9. The molecule has 1 aliphatic rings. The summed E-state index contributed by atoms with van der Waals surface area (Å²) >= 11 is 0. The predicted molar refractivity (Wildman–Crippen MR) is 89.0 cm³/mol. The van der Waals surface area contributed by atoms with E-state index in [2.05, 4.69) is 29.0 Å². The highest BCUT2D eigenvalue weighted by atomic mass is 15.3. The van der Waals surface area contributed by atoms with Gasteiger partial charge in [0.15, 0.2) is 0 Å². The van der Waals surface area contributed by atoms with Gasteiger partial charge in [0.2, 0.25) is 0 Å². The van der Waals surface area contributed by atoms with Crippen LogP contribution in [0.5, 0.6) is 0 Å². The van der Waals surface area contributed by atoms with Gasteiger partial charge in [0.05, 0.1) is 12.7 Å². The lowest BCUT2D eigenvalue weighted by Crippen LogP contribution is -2.41. The van der Waals surface area contributed by atoms with Gasteiger partial charge in [0.25, 0.3) is 0 Å². The number of hydrogen-bond acceptors (Lipinski definition) is 3. The van der Waals surface area contributed by atoms with Gasteiger partial charge in [-0.15, -0.1) is 0 Å². The van der Waals surface area contributed by atoms with Crippen LogP contribution in [0.3, 0.4) is 0 Å². The van der Waals surface area contributed by atoms with E-state index in [0.717, 1.165) is 18.9 Å². The van der Waals surface area contributed by atoms with Gasteiger partial charge in [-0.05, 0) is 25.8 Å². The number of nitrogens with two attached hydrogens (primary N) is 1. The molecule has 0 aliphatic carbocycles. The van der Waals surface area contributed by atoms with Crippen molar-refractivity contribution in [2.75, 3.05) is 13.1 Å². The molecule has 0 spiro atoms. The SMILES string of the molecule is CCCCCCCCCC/C=C/C1=NCCN1C(C)N. The number of allylic oxidation sites excluding steroid dienone is 1. The third-order valence-electron chi connectivity index (χ3n) is 3.89. The quantitative estimate of drug-likeness (QED) is 0.579. The van der Waals surface area contributed by atoms with Crippen LogP contribution in [0.2, 0.25) is 0 Å². The van der Waals surface area contributed by atoms with E-state index in [0.29, 0.717) is 0 Å². The van der Waals surface area contributed by atoms with Gasteiger partial charge in [-0.3, -0.25) is 4.99 Å². The van der Waals surface area contributed by atoms with Crippen LogP contribution >= 0.6 is 0 Å². The van der Waals surface area contributed by atoms with Crippen LogP contribution in [0.1, 0.15) is 71.6 Å². The Balaban J connectivity index is 1.99. The van der Waals surface area contributed by atoms with Gasteiger partial charge in [-0.1, -0.05) is 57.9 Å². The van der Waals surface area contributed by atoms with Crippen molar-refractivity contribution in [2.24, 2.45) is 10.7 Å². The largest absolute Gasteiger partial charge is 0.340 e. The summed E-state index contributed by atoms with van der Waals surface area (Å²) in [6, 6.07) is 0. The van der Waals surface area contributed by atoms with Crippen molar-refractivity contribution in [3.63, 3.8) is 0 Å². The highest BCUT2D eigenvalue weighted by Crippen LogP contribution is 2.10. The maximum atomic E-state index is 5.92. The molecule has 0 saturated carbocycles. The van der Waals surface area contributed by atoms with Crippen LogP contribution < -0.4 is 5.73 Å². The summed E-state index contributed by atoms with van der Waals surface area (Å²) in [6.07, 6.45) is 16.7. The fourth-order valence-electron chi connectivity index (χ4n) is 2.62. The van der Waals surface area contributed by atoms with Crippen LogP contribution in [0.25, 0.3) is 0 Å². The standard InChI is InChI=1S/C17H33N3/c1-3-4-5-6-7-8-9-10-11-12-13-17-19-14-15-20(17)16(2)18/h12-13,16H,3-11,14-15,18H2,1-2H3/b13-12+. The number of hydrogen-bond donors (Lipinski definition) is 1. The summed E-state index contributed by atoms with van der Waals surface area (Å²) in [5.41, 5.74) is 5.92. The maximum Gasteiger partial charge on any atom is 0.124 e. The summed E-state index contributed by atoms with van der Waals surface area (Å²) in [7, 11) is 0. The molecule has 0 fully saturated rings. The molecule has 0 aromatic heterocycles. The van der Waals surface area contributed by atoms with E-state index >= 15 is 0 Å².